The van der Waals surface area contributed by atoms with Crippen LogP contribution in [-0.4, -0.2) is 15.9 Å². The first-order valence-corrected chi connectivity index (χ1v) is 8.08. The van der Waals surface area contributed by atoms with E-state index in [1.165, 1.54) is 0 Å². The summed E-state index contributed by atoms with van der Waals surface area (Å²) in [6, 6.07) is 8.06. The smallest absolute Gasteiger partial charge is 0.227 e. The van der Waals surface area contributed by atoms with E-state index in [1.54, 1.807) is 0 Å². The van der Waals surface area contributed by atoms with E-state index >= 15 is 0 Å². The second-order valence-corrected chi connectivity index (χ2v) is 6.44. The number of rotatable bonds is 4. The van der Waals surface area contributed by atoms with E-state index in [0.29, 0.717) is 36.8 Å². The van der Waals surface area contributed by atoms with Gasteiger partial charge in [-0.2, -0.15) is 4.98 Å². The zero-order valence-corrected chi connectivity index (χ0v) is 13.3. The summed E-state index contributed by atoms with van der Waals surface area (Å²) >= 11 is 3.41. The Kier molecular flexibility index (Phi) is 4.48. The van der Waals surface area contributed by atoms with E-state index in [4.69, 9.17) is 4.52 Å². The fourth-order valence-corrected chi connectivity index (χ4v) is 2.98. The van der Waals surface area contributed by atoms with Crippen molar-refractivity contribution >= 4 is 21.7 Å². The van der Waals surface area contributed by atoms with Gasteiger partial charge in [0.15, 0.2) is 5.82 Å². The first-order chi connectivity index (χ1) is 10.2. The van der Waals surface area contributed by atoms with Gasteiger partial charge in [-0.25, -0.2) is 0 Å². The van der Waals surface area contributed by atoms with Gasteiger partial charge in [-0.1, -0.05) is 39.6 Å². The Bertz CT molecular complexity index is 621. The molecule has 0 aliphatic heterocycles. The van der Waals surface area contributed by atoms with Crippen molar-refractivity contribution in [1.82, 2.24) is 10.1 Å². The van der Waals surface area contributed by atoms with Crippen LogP contribution in [0.25, 0.3) is 0 Å². The molecule has 1 unspecified atom stereocenters. The SMILES string of the molecule is O=C1CCCCC1Cc1nc(Cc2ccc(Br)cc2)no1. The molecule has 1 aromatic carbocycles. The van der Waals surface area contributed by atoms with Crippen LogP contribution in [0.5, 0.6) is 0 Å². The van der Waals surface area contributed by atoms with Crippen molar-refractivity contribution in [3.05, 3.63) is 46.0 Å². The number of ketones is 1. The molecule has 110 valence electrons. The molecule has 21 heavy (non-hydrogen) atoms. The molecule has 1 atom stereocenters. The van der Waals surface area contributed by atoms with Crippen molar-refractivity contribution in [2.24, 2.45) is 5.92 Å². The third kappa shape index (κ3) is 3.79. The van der Waals surface area contributed by atoms with Crippen molar-refractivity contribution in [3.8, 4) is 0 Å². The Morgan fingerprint density at radius 1 is 1.24 bits per heavy atom. The van der Waals surface area contributed by atoms with E-state index in [1.807, 2.05) is 24.3 Å². The van der Waals surface area contributed by atoms with Crippen LogP contribution in [0.15, 0.2) is 33.3 Å². The van der Waals surface area contributed by atoms with Gasteiger partial charge in [0.1, 0.15) is 5.78 Å². The van der Waals surface area contributed by atoms with Crippen LogP contribution in [0.3, 0.4) is 0 Å². The number of Topliss-reactive ketones (excluding diaryl/α,β-unsaturated/α-hetero) is 1. The molecule has 0 saturated heterocycles. The first-order valence-electron chi connectivity index (χ1n) is 7.29. The van der Waals surface area contributed by atoms with Crippen LogP contribution < -0.4 is 0 Å². The molecule has 1 heterocycles. The number of carbonyl (C=O) groups excluding carboxylic acids is 1. The van der Waals surface area contributed by atoms with Crippen LogP contribution in [0, 0.1) is 5.92 Å². The van der Waals surface area contributed by atoms with Crippen LogP contribution in [-0.2, 0) is 17.6 Å². The first kappa shape index (κ1) is 14.4. The highest BCUT2D eigenvalue weighted by Gasteiger charge is 2.24. The van der Waals surface area contributed by atoms with Gasteiger partial charge < -0.3 is 4.52 Å². The number of benzene rings is 1. The van der Waals surface area contributed by atoms with E-state index in [0.717, 1.165) is 29.3 Å². The molecule has 2 aromatic rings. The number of aromatic nitrogens is 2. The zero-order chi connectivity index (χ0) is 14.7. The van der Waals surface area contributed by atoms with Gasteiger partial charge in [0, 0.05) is 29.7 Å². The Balaban J connectivity index is 1.63. The highest BCUT2D eigenvalue weighted by atomic mass is 79.9. The third-order valence-electron chi connectivity index (χ3n) is 3.89. The molecule has 0 radical (unpaired) electrons. The molecule has 1 saturated carbocycles. The highest BCUT2D eigenvalue weighted by Crippen LogP contribution is 2.23. The molecular formula is C16H17BrN2O2. The molecule has 0 bridgehead atoms. The van der Waals surface area contributed by atoms with Crippen LogP contribution >= 0.6 is 15.9 Å². The summed E-state index contributed by atoms with van der Waals surface area (Å²) in [7, 11) is 0. The number of hydrogen-bond acceptors (Lipinski definition) is 4. The minimum absolute atomic E-state index is 0.0692. The molecule has 1 aliphatic rings. The summed E-state index contributed by atoms with van der Waals surface area (Å²) in [6.45, 7) is 0. The summed E-state index contributed by atoms with van der Waals surface area (Å²) in [5.41, 5.74) is 1.14. The van der Waals surface area contributed by atoms with Gasteiger partial charge in [-0.15, -0.1) is 0 Å². The Morgan fingerprint density at radius 3 is 2.81 bits per heavy atom. The summed E-state index contributed by atoms with van der Waals surface area (Å²) in [6.07, 6.45) is 5.03. The second kappa shape index (κ2) is 6.52. The lowest BCUT2D eigenvalue weighted by molar-refractivity contribution is -0.124. The summed E-state index contributed by atoms with van der Waals surface area (Å²) in [5.74, 6) is 1.67. The van der Waals surface area contributed by atoms with Crippen LogP contribution in [0.4, 0.5) is 0 Å². The van der Waals surface area contributed by atoms with Crippen molar-refractivity contribution in [2.45, 2.75) is 38.5 Å². The Labute approximate surface area is 132 Å². The van der Waals surface area contributed by atoms with E-state index in [-0.39, 0.29) is 5.92 Å². The number of halogens is 1. The van der Waals surface area contributed by atoms with Crippen molar-refractivity contribution in [3.63, 3.8) is 0 Å². The summed E-state index contributed by atoms with van der Waals surface area (Å²) in [4.78, 5) is 16.2. The standard InChI is InChI=1S/C16H17BrN2O2/c17-13-7-5-11(6-8-13)9-15-18-16(21-19-15)10-12-3-1-2-4-14(12)20/h5-8,12H,1-4,9-10H2. The van der Waals surface area contributed by atoms with Gasteiger partial charge in [-0.05, 0) is 30.5 Å². The minimum Gasteiger partial charge on any atom is -0.339 e. The normalized spacial score (nSPS) is 18.9. The molecule has 5 heteroatoms. The van der Waals surface area contributed by atoms with Crippen molar-refractivity contribution in [1.29, 1.82) is 0 Å². The summed E-state index contributed by atoms with van der Waals surface area (Å²) in [5, 5.41) is 4.02. The molecule has 1 fully saturated rings. The molecule has 3 rings (SSSR count). The molecule has 4 nitrogen and oxygen atoms in total. The maximum absolute atomic E-state index is 11.8. The van der Waals surface area contributed by atoms with Gasteiger partial charge in [0.25, 0.3) is 0 Å². The monoisotopic (exact) mass is 348 g/mol. The fourth-order valence-electron chi connectivity index (χ4n) is 2.71. The van der Waals surface area contributed by atoms with Crippen molar-refractivity contribution < 1.29 is 9.32 Å². The quantitative estimate of drug-likeness (QED) is 0.844. The number of hydrogen-bond donors (Lipinski definition) is 0. The summed E-state index contributed by atoms with van der Waals surface area (Å²) < 4.78 is 6.34. The Morgan fingerprint density at radius 2 is 2.05 bits per heavy atom. The molecule has 0 spiro atoms. The van der Waals surface area contributed by atoms with Gasteiger partial charge >= 0.3 is 0 Å². The maximum Gasteiger partial charge on any atom is 0.227 e. The lowest BCUT2D eigenvalue weighted by atomic mass is 9.86. The predicted molar refractivity (Wildman–Crippen MR) is 81.9 cm³/mol. The second-order valence-electron chi connectivity index (χ2n) is 5.52. The van der Waals surface area contributed by atoms with Gasteiger partial charge in [0.2, 0.25) is 5.89 Å². The average Bonchev–Trinajstić information content (AvgIpc) is 2.91. The number of nitrogens with zero attached hydrogens (tertiary/aromatic N) is 2. The molecule has 1 aliphatic carbocycles. The van der Waals surface area contributed by atoms with E-state index in [9.17, 15) is 4.79 Å². The zero-order valence-electron chi connectivity index (χ0n) is 11.7. The average molecular weight is 349 g/mol. The van der Waals surface area contributed by atoms with E-state index < -0.39 is 0 Å². The lowest BCUT2D eigenvalue weighted by Gasteiger charge is -2.18. The van der Waals surface area contributed by atoms with Crippen LogP contribution in [0.1, 0.15) is 43.0 Å². The van der Waals surface area contributed by atoms with Gasteiger partial charge in [-0.3, -0.25) is 4.79 Å². The number of carbonyl (C=O) groups is 1. The highest BCUT2D eigenvalue weighted by molar-refractivity contribution is 9.10. The van der Waals surface area contributed by atoms with Crippen molar-refractivity contribution in [2.75, 3.05) is 0 Å². The predicted octanol–water partition coefficient (Wildman–Crippen LogP) is 3.72. The van der Waals surface area contributed by atoms with Crippen LogP contribution in [0.2, 0.25) is 0 Å². The minimum atomic E-state index is 0.0692. The molecule has 0 N–H and O–H groups in total. The molecule has 0 amide bonds. The lowest BCUT2D eigenvalue weighted by Crippen LogP contribution is -2.21. The van der Waals surface area contributed by atoms with E-state index in [2.05, 4.69) is 26.1 Å². The maximum atomic E-state index is 11.8. The fraction of sp³-hybridized carbons (Fsp3) is 0.438. The largest absolute Gasteiger partial charge is 0.339 e. The molecular weight excluding hydrogens is 332 g/mol. The van der Waals surface area contributed by atoms with Gasteiger partial charge in [0.05, 0.1) is 0 Å². The topological polar surface area (TPSA) is 56.0 Å². The third-order valence-corrected chi connectivity index (χ3v) is 4.42. The molecule has 1 aromatic heterocycles. The Hall–Kier alpha value is -1.49.